The van der Waals surface area contributed by atoms with E-state index < -0.39 is 16.4 Å². The molecule has 0 atom stereocenters. The molecule has 0 aliphatic carbocycles. The lowest BCUT2D eigenvalue weighted by Gasteiger charge is -2.02. The van der Waals surface area contributed by atoms with Crippen molar-refractivity contribution in [1.29, 1.82) is 0 Å². The Labute approximate surface area is 98.8 Å². The van der Waals surface area contributed by atoms with Crippen molar-refractivity contribution in [3.63, 3.8) is 0 Å². The number of pyridine rings is 1. The van der Waals surface area contributed by atoms with Gasteiger partial charge in [0.15, 0.2) is 0 Å². The summed E-state index contributed by atoms with van der Waals surface area (Å²) in [4.78, 5) is 13.7. The minimum absolute atomic E-state index is 0.139. The van der Waals surface area contributed by atoms with E-state index in [2.05, 4.69) is 4.98 Å². The third-order valence-electron chi connectivity index (χ3n) is 2.00. The minimum atomic E-state index is -0.722. The molecular formula is C9H3Cl2FN2O2. The summed E-state index contributed by atoms with van der Waals surface area (Å²) in [5.41, 5.74) is -0.289. The Hall–Kier alpha value is -1.46. The van der Waals surface area contributed by atoms with Crippen LogP contribution in [0, 0.1) is 15.9 Å². The van der Waals surface area contributed by atoms with Crippen molar-refractivity contribution >= 4 is 39.8 Å². The summed E-state index contributed by atoms with van der Waals surface area (Å²) in [7, 11) is 0. The molecule has 0 saturated heterocycles. The molecule has 0 unspecified atom stereocenters. The summed E-state index contributed by atoms with van der Waals surface area (Å²) in [6, 6.07) is 3.58. The van der Waals surface area contributed by atoms with Crippen LogP contribution in [0.15, 0.2) is 18.2 Å². The Morgan fingerprint density at radius 3 is 2.69 bits per heavy atom. The molecule has 0 N–H and O–H groups in total. The highest BCUT2D eigenvalue weighted by Crippen LogP contribution is 2.36. The molecule has 0 radical (unpaired) electrons. The molecule has 2 aromatic rings. The number of benzene rings is 1. The van der Waals surface area contributed by atoms with Crippen molar-refractivity contribution in [2.24, 2.45) is 0 Å². The van der Waals surface area contributed by atoms with Crippen molar-refractivity contribution in [3.8, 4) is 0 Å². The van der Waals surface area contributed by atoms with Gasteiger partial charge >= 0.3 is 5.69 Å². The molecule has 0 spiro atoms. The normalized spacial score (nSPS) is 10.7. The highest BCUT2D eigenvalue weighted by atomic mass is 35.5. The van der Waals surface area contributed by atoms with Crippen LogP contribution in [-0.2, 0) is 0 Å². The van der Waals surface area contributed by atoms with Crippen LogP contribution in [0.2, 0.25) is 10.2 Å². The summed E-state index contributed by atoms with van der Waals surface area (Å²) in [6.07, 6.45) is 0. The third-order valence-corrected chi connectivity index (χ3v) is 2.65. The van der Waals surface area contributed by atoms with Crippen molar-refractivity contribution in [2.75, 3.05) is 0 Å². The topological polar surface area (TPSA) is 56.0 Å². The predicted molar refractivity (Wildman–Crippen MR) is 58.4 cm³/mol. The largest absolute Gasteiger partial charge is 0.325 e. The molecule has 7 heteroatoms. The maximum Gasteiger partial charge on any atom is 0.325 e. The third kappa shape index (κ3) is 1.68. The minimum Gasteiger partial charge on any atom is -0.258 e. The average molecular weight is 261 g/mol. The van der Waals surface area contributed by atoms with Crippen LogP contribution in [0.3, 0.4) is 0 Å². The van der Waals surface area contributed by atoms with Crippen LogP contribution in [0.4, 0.5) is 10.1 Å². The van der Waals surface area contributed by atoms with Gasteiger partial charge < -0.3 is 0 Å². The van der Waals surface area contributed by atoms with E-state index in [0.717, 1.165) is 12.1 Å². The van der Waals surface area contributed by atoms with Crippen LogP contribution < -0.4 is 0 Å². The summed E-state index contributed by atoms with van der Waals surface area (Å²) >= 11 is 11.4. The summed E-state index contributed by atoms with van der Waals surface area (Å²) in [5.74, 6) is -0.513. The number of nitro groups is 1. The second-order valence-corrected chi connectivity index (χ2v) is 3.72. The Kier molecular flexibility index (Phi) is 2.65. The van der Waals surface area contributed by atoms with Crippen LogP contribution in [0.5, 0.6) is 0 Å². The number of rotatable bonds is 1. The fourth-order valence-electron chi connectivity index (χ4n) is 1.32. The fourth-order valence-corrected chi connectivity index (χ4v) is 1.94. The van der Waals surface area contributed by atoms with Gasteiger partial charge in [0.05, 0.1) is 10.4 Å². The van der Waals surface area contributed by atoms with Crippen LogP contribution >= 0.6 is 23.2 Å². The molecule has 82 valence electrons. The molecule has 16 heavy (non-hydrogen) atoms. The first-order valence-electron chi connectivity index (χ1n) is 4.09. The van der Waals surface area contributed by atoms with Crippen molar-refractivity contribution in [2.45, 2.75) is 0 Å². The van der Waals surface area contributed by atoms with Crippen molar-refractivity contribution in [1.82, 2.24) is 4.98 Å². The molecule has 2 rings (SSSR count). The molecule has 0 aliphatic rings. The van der Waals surface area contributed by atoms with Gasteiger partial charge in [-0.3, -0.25) is 10.1 Å². The second-order valence-electron chi connectivity index (χ2n) is 2.98. The predicted octanol–water partition coefficient (Wildman–Crippen LogP) is 3.59. The monoisotopic (exact) mass is 260 g/mol. The van der Waals surface area contributed by atoms with Gasteiger partial charge in [-0.05, 0) is 12.1 Å². The highest BCUT2D eigenvalue weighted by molar-refractivity contribution is 6.41. The molecular weight excluding hydrogens is 258 g/mol. The van der Waals surface area contributed by atoms with E-state index in [9.17, 15) is 14.5 Å². The molecule has 1 aromatic carbocycles. The molecule has 0 fully saturated rings. The van der Waals surface area contributed by atoms with Gasteiger partial charge in [-0.2, -0.15) is 0 Å². The zero-order valence-electron chi connectivity index (χ0n) is 7.58. The molecule has 4 nitrogen and oxygen atoms in total. The highest BCUT2D eigenvalue weighted by Gasteiger charge is 2.22. The standard InChI is InChI=1S/C9H3Cl2FN2O2/c10-7-5-2-1-4(12)3-6(5)13-9(11)8(7)14(15)16/h1-3H. The van der Waals surface area contributed by atoms with Gasteiger partial charge in [-0.25, -0.2) is 9.37 Å². The first kappa shape index (κ1) is 11.0. The fraction of sp³-hybridized carbons (Fsp3) is 0. The quantitative estimate of drug-likeness (QED) is 0.447. The summed E-state index contributed by atoms with van der Waals surface area (Å²) in [5, 5.41) is 10.5. The van der Waals surface area contributed by atoms with Crippen molar-refractivity contribution < 1.29 is 9.31 Å². The van der Waals surface area contributed by atoms with Crippen LogP contribution in [-0.4, -0.2) is 9.91 Å². The number of hydrogen-bond acceptors (Lipinski definition) is 3. The van der Waals surface area contributed by atoms with Gasteiger partial charge in [-0.15, -0.1) is 0 Å². The number of fused-ring (bicyclic) bond motifs is 1. The van der Waals surface area contributed by atoms with E-state index in [1.807, 2.05) is 0 Å². The number of nitrogens with zero attached hydrogens (tertiary/aromatic N) is 2. The summed E-state index contributed by atoms with van der Waals surface area (Å²) < 4.78 is 12.9. The lowest BCUT2D eigenvalue weighted by atomic mass is 10.2. The van der Waals surface area contributed by atoms with E-state index in [-0.39, 0.29) is 15.7 Å². The van der Waals surface area contributed by atoms with E-state index >= 15 is 0 Å². The second kappa shape index (κ2) is 3.84. The van der Waals surface area contributed by atoms with Crippen LogP contribution in [0.1, 0.15) is 0 Å². The molecule has 0 saturated carbocycles. The van der Waals surface area contributed by atoms with Gasteiger partial charge in [0.2, 0.25) is 5.15 Å². The lowest BCUT2D eigenvalue weighted by Crippen LogP contribution is -1.94. The Balaban J connectivity index is 2.89. The Morgan fingerprint density at radius 1 is 1.38 bits per heavy atom. The zero-order chi connectivity index (χ0) is 11.9. The molecule has 1 heterocycles. The number of aromatic nitrogens is 1. The van der Waals surface area contributed by atoms with E-state index in [1.165, 1.54) is 6.07 Å². The number of halogens is 3. The Bertz CT molecular complexity index is 604. The van der Waals surface area contributed by atoms with Gasteiger partial charge in [0, 0.05) is 11.5 Å². The maximum absolute atomic E-state index is 12.9. The lowest BCUT2D eigenvalue weighted by molar-refractivity contribution is -0.384. The molecule has 1 aromatic heterocycles. The summed E-state index contributed by atoms with van der Waals surface area (Å²) in [6.45, 7) is 0. The van der Waals surface area contributed by atoms with Gasteiger partial charge in [0.25, 0.3) is 0 Å². The van der Waals surface area contributed by atoms with E-state index in [1.54, 1.807) is 0 Å². The maximum atomic E-state index is 12.9. The van der Waals surface area contributed by atoms with E-state index in [0.29, 0.717) is 5.39 Å². The van der Waals surface area contributed by atoms with Gasteiger partial charge in [0.1, 0.15) is 10.8 Å². The Morgan fingerprint density at radius 2 is 2.06 bits per heavy atom. The molecule has 0 bridgehead atoms. The molecule has 0 amide bonds. The van der Waals surface area contributed by atoms with Gasteiger partial charge in [-0.1, -0.05) is 23.2 Å². The SMILES string of the molecule is O=[N+]([O-])c1c(Cl)nc2cc(F)ccc2c1Cl. The average Bonchev–Trinajstić information content (AvgIpc) is 2.15. The first-order chi connectivity index (χ1) is 7.50. The van der Waals surface area contributed by atoms with Crippen molar-refractivity contribution in [3.05, 3.63) is 44.3 Å². The first-order valence-corrected chi connectivity index (χ1v) is 4.85. The molecule has 0 aliphatic heterocycles. The zero-order valence-corrected chi connectivity index (χ0v) is 9.09. The smallest absolute Gasteiger partial charge is 0.258 e. The number of hydrogen-bond donors (Lipinski definition) is 0. The van der Waals surface area contributed by atoms with E-state index in [4.69, 9.17) is 23.2 Å². The van der Waals surface area contributed by atoms with Crippen LogP contribution in [0.25, 0.3) is 10.9 Å².